The summed E-state index contributed by atoms with van der Waals surface area (Å²) in [6, 6.07) is 46.5. The summed E-state index contributed by atoms with van der Waals surface area (Å²) in [6.07, 6.45) is 0. The predicted octanol–water partition coefficient (Wildman–Crippen LogP) is 11.4. The summed E-state index contributed by atoms with van der Waals surface area (Å²) in [7, 11) is 0. The molecule has 4 heteroatoms. The van der Waals surface area contributed by atoms with Crippen LogP contribution in [0.4, 0.5) is 0 Å². The summed E-state index contributed by atoms with van der Waals surface area (Å²) in [6.45, 7) is 4.46. The van der Waals surface area contributed by atoms with Crippen molar-refractivity contribution in [1.82, 2.24) is 15.0 Å². The Kier molecular flexibility index (Phi) is 5.97. The van der Waals surface area contributed by atoms with Gasteiger partial charge in [-0.05, 0) is 62.7 Å². The lowest BCUT2D eigenvalue weighted by molar-refractivity contribution is 0.672. The van der Waals surface area contributed by atoms with Crippen molar-refractivity contribution >= 4 is 54.3 Å². The zero-order chi connectivity index (χ0) is 30.8. The van der Waals surface area contributed by atoms with E-state index in [1.165, 1.54) is 21.7 Å². The fourth-order valence-electron chi connectivity index (χ4n) is 6.72. The minimum atomic E-state index is 0.443. The van der Waals surface area contributed by atoms with Gasteiger partial charge in [0.05, 0.1) is 0 Å². The van der Waals surface area contributed by atoms with Crippen LogP contribution in [0.3, 0.4) is 0 Å². The van der Waals surface area contributed by atoms with E-state index in [-0.39, 0.29) is 0 Å². The van der Waals surface area contributed by atoms with Crippen LogP contribution in [0.15, 0.2) is 138 Å². The van der Waals surface area contributed by atoms with Gasteiger partial charge in [0.25, 0.3) is 0 Å². The molecule has 0 saturated heterocycles. The van der Waals surface area contributed by atoms with Gasteiger partial charge in [0.15, 0.2) is 17.5 Å². The highest BCUT2D eigenvalue weighted by molar-refractivity contribution is 6.32. The summed E-state index contributed by atoms with van der Waals surface area (Å²) >= 11 is 0. The van der Waals surface area contributed by atoms with E-state index in [0.29, 0.717) is 23.4 Å². The van der Waals surface area contributed by atoms with Crippen LogP contribution in [0.5, 0.6) is 0 Å². The van der Waals surface area contributed by atoms with Gasteiger partial charge in [-0.2, -0.15) is 0 Å². The van der Waals surface area contributed by atoms with E-state index in [4.69, 9.17) is 19.4 Å². The van der Waals surface area contributed by atoms with E-state index < -0.39 is 0 Å². The number of hydrogen-bond acceptors (Lipinski definition) is 4. The highest BCUT2D eigenvalue weighted by Gasteiger charge is 2.18. The second kappa shape index (κ2) is 10.4. The van der Waals surface area contributed by atoms with Crippen molar-refractivity contribution in [2.24, 2.45) is 0 Å². The molecule has 0 aliphatic carbocycles. The van der Waals surface area contributed by atoms with E-state index in [1.807, 2.05) is 60.7 Å². The first-order chi connectivity index (χ1) is 22.6. The third-order valence-corrected chi connectivity index (χ3v) is 9.08. The molecule has 9 rings (SSSR count). The Morgan fingerprint density at radius 1 is 0.435 bits per heavy atom. The largest absolute Gasteiger partial charge is 0.455 e. The Morgan fingerprint density at radius 3 is 1.63 bits per heavy atom. The van der Waals surface area contributed by atoms with Gasteiger partial charge in [0, 0.05) is 32.8 Å². The van der Waals surface area contributed by atoms with Crippen LogP contribution in [-0.2, 0) is 0 Å². The van der Waals surface area contributed by atoms with Crippen molar-refractivity contribution in [2.45, 2.75) is 19.8 Å². The molecule has 0 unspecified atom stereocenters. The standard InChI is InChI=1S/C42H29N3O/c1-25(2)28-18-22-37-36(23-28)34-21-20-32-30-15-9-10-16-31(30)35-24-29(17-19-33(35)38(32)39(34)46-37)42-44-40(26-11-5-3-6-12-26)43-41(45-42)27-13-7-4-8-14-27/h3-25H,1-2H3. The molecule has 0 saturated carbocycles. The van der Waals surface area contributed by atoms with Crippen LogP contribution in [0, 0.1) is 0 Å². The number of benzene rings is 7. The van der Waals surface area contributed by atoms with Crippen LogP contribution < -0.4 is 0 Å². The molecule has 0 radical (unpaired) electrons. The number of nitrogens with zero attached hydrogens (tertiary/aromatic N) is 3. The zero-order valence-corrected chi connectivity index (χ0v) is 25.5. The Hall–Kier alpha value is -5.87. The van der Waals surface area contributed by atoms with Crippen molar-refractivity contribution in [3.05, 3.63) is 139 Å². The van der Waals surface area contributed by atoms with Crippen LogP contribution in [-0.4, -0.2) is 15.0 Å². The van der Waals surface area contributed by atoms with Crippen molar-refractivity contribution in [1.29, 1.82) is 0 Å². The molecule has 7 aromatic carbocycles. The van der Waals surface area contributed by atoms with Gasteiger partial charge in [0.2, 0.25) is 0 Å². The molecule has 2 heterocycles. The van der Waals surface area contributed by atoms with Crippen LogP contribution >= 0.6 is 0 Å². The summed E-state index contributed by atoms with van der Waals surface area (Å²) in [5, 5.41) is 9.28. The van der Waals surface area contributed by atoms with E-state index in [0.717, 1.165) is 54.8 Å². The smallest absolute Gasteiger partial charge is 0.164 e. The van der Waals surface area contributed by atoms with Gasteiger partial charge in [-0.15, -0.1) is 0 Å². The number of rotatable bonds is 4. The molecule has 0 spiro atoms. The Labute approximate surface area is 266 Å². The molecule has 2 aromatic heterocycles. The minimum absolute atomic E-state index is 0.443. The third kappa shape index (κ3) is 4.18. The number of aromatic nitrogens is 3. The number of hydrogen-bond donors (Lipinski definition) is 0. The van der Waals surface area contributed by atoms with Gasteiger partial charge < -0.3 is 4.42 Å². The Balaban J connectivity index is 1.33. The third-order valence-electron chi connectivity index (χ3n) is 9.08. The van der Waals surface area contributed by atoms with Crippen molar-refractivity contribution in [2.75, 3.05) is 0 Å². The number of fused-ring (bicyclic) bond motifs is 10. The molecule has 46 heavy (non-hydrogen) atoms. The molecule has 0 atom stereocenters. The Morgan fingerprint density at radius 2 is 0.978 bits per heavy atom. The molecule has 0 N–H and O–H groups in total. The second-order valence-electron chi connectivity index (χ2n) is 12.2. The molecule has 0 amide bonds. The molecule has 0 fully saturated rings. The maximum atomic E-state index is 6.67. The topological polar surface area (TPSA) is 51.8 Å². The molecule has 218 valence electrons. The van der Waals surface area contributed by atoms with E-state index >= 15 is 0 Å². The monoisotopic (exact) mass is 591 g/mol. The van der Waals surface area contributed by atoms with Crippen LogP contribution in [0.2, 0.25) is 0 Å². The van der Waals surface area contributed by atoms with Gasteiger partial charge >= 0.3 is 0 Å². The van der Waals surface area contributed by atoms with Crippen molar-refractivity contribution in [3.8, 4) is 34.2 Å². The normalized spacial score (nSPS) is 11.9. The average Bonchev–Trinajstić information content (AvgIpc) is 3.50. The first-order valence-corrected chi connectivity index (χ1v) is 15.7. The molecular formula is C42H29N3O. The predicted molar refractivity (Wildman–Crippen MR) is 190 cm³/mol. The van der Waals surface area contributed by atoms with Gasteiger partial charge in [-0.3, -0.25) is 0 Å². The summed E-state index contributed by atoms with van der Waals surface area (Å²) in [5.41, 5.74) is 5.99. The van der Waals surface area contributed by atoms with Crippen molar-refractivity contribution < 1.29 is 4.42 Å². The first-order valence-electron chi connectivity index (χ1n) is 15.7. The summed E-state index contributed by atoms with van der Waals surface area (Å²) < 4.78 is 6.67. The van der Waals surface area contributed by atoms with Gasteiger partial charge in [-0.25, -0.2) is 15.0 Å². The Bertz CT molecular complexity index is 2550. The average molecular weight is 592 g/mol. The highest BCUT2D eigenvalue weighted by Crippen LogP contribution is 2.43. The van der Waals surface area contributed by atoms with E-state index in [2.05, 4.69) is 86.6 Å². The maximum absolute atomic E-state index is 6.67. The van der Waals surface area contributed by atoms with Crippen LogP contribution in [0.1, 0.15) is 25.3 Å². The molecule has 0 bridgehead atoms. The number of furan rings is 1. The second-order valence-corrected chi connectivity index (χ2v) is 12.2. The molecular weight excluding hydrogens is 562 g/mol. The molecule has 4 nitrogen and oxygen atoms in total. The lowest BCUT2D eigenvalue weighted by Gasteiger charge is -2.13. The van der Waals surface area contributed by atoms with Gasteiger partial charge in [-0.1, -0.05) is 123 Å². The summed E-state index contributed by atoms with van der Waals surface area (Å²) in [4.78, 5) is 14.9. The zero-order valence-electron chi connectivity index (χ0n) is 25.5. The van der Waals surface area contributed by atoms with Gasteiger partial charge in [0.1, 0.15) is 11.2 Å². The quantitative estimate of drug-likeness (QED) is 0.191. The first kappa shape index (κ1) is 26.5. The van der Waals surface area contributed by atoms with E-state index in [1.54, 1.807) is 0 Å². The summed E-state index contributed by atoms with van der Waals surface area (Å²) in [5.74, 6) is 2.38. The molecule has 0 aliphatic heterocycles. The lowest BCUT2D eigenvalue weighted by Crippen LogP contribution is -2.00. The SMILES string of the molecule is CC(C)c1ccc2oc3c(ccc4c5ccccc5c5cc(-c6nc(-c7ccccc7)nc(-c7ccccc7)n6)ccc5c43)c2c1. The highest BCUT2D eigenvalue weighted by atomic mass is 16.3. The lowest BCUT2D eigenvalue weighted by atomic mass is 9.92. The minimum Gasteiger partial charge on any atom is -0.455 e. The van der Waals surface area contributed by atoms with Crippen molar-refractivity contribution in [3.63, 3.8) is 0 Å². The fourth-order valence-corrected chi connectivity index (χ4v) is 6.72. The molecule has 9 aromatic rings. The fraction of sp³-hybridized carbons (Fsp3) is 0.0714. The van der Waals surface area contributed by atoms with Crippen LogP contribution in [0.25, 0.3) is 88.4 Å². The van der Waals surface area contributed by atoms with E-state index in [9.17, 15) is 0 Å². The molecule has 0 aliphatic rings. The maximum Gasteiger partial charge on any atom is 0.164 e.